The second-order valence-electron chi connectivity index (χ2n) is 14.1. The molecule has 38 heavy (non-hydrogen) atoms. The molecule has 210 valence electrons. The summed E-state index contributed by atoms with van der Waals surface area (Å²) in [5, 5.41) is 0. The van der Waals surface area contributed by atoms with Crippen molar-refractivity contribution < 1.29 is 18.7 Å². The molecule has 0 heterocycles. The molecule has 0 unspecified atom stereocenters. The average Bonchev–Trinajstić information content (AvgIpc) is 3.23. The van der Waals surface area contributed by atoms with Gasteiger partial charge in [0.2, 0.25) is 0 Å². The van der Waals surface area contributed by atoms with E-state index in [0.717, 1.165) is 54.8 Å². The van der Waals surface area contributed by atoms with Gasteiger partial charge < -0.3 is 9.47 Å². The molecule has 0 amide bonds. The first kappa shape index (κ1) is 27.7. The third-order valence-electron chi connectivity index (χ3n) is 11.5. The lowest BCUT2D eigenvalue weighted by molar-refractivity contribution is -0.0597. The maximum absolute atomic E-state index is 13.1. The zero-order valence-corrected chi connectivity index (χ0v) is 24.3. The second-order valence-corrected chi connectivity index (χ2v) is 14.1. The van der Waals surface area contributed by atoms with E-state index < -0.39 is 6.16 Å². The van der Waals surface area contributed by atoms with Crippen molar-refractivity contribution in [3.05, 3.63) is 41.7 Å². The summed E-state index contributed by atoms with van der Waals surface area (Å²) in [6.07, 6.45) is 15.4. The van der Waals surface area contributed by atoms with Gasteiger partial charge in [-0.1, -0.05) is 65.5 Å². The maximum atomic E-state index is 13.1. The largest absolute Gasteiger partial charge is 0.514 e. The molecular weight excluding hydrogens is 475 g/mol. The van der Waals surface area contributed by atoms with Crippen LogP contribution in [0.5, 0.6) is 5.75 Å². The van der Waals surface area contributed by atoms with Crippen molar-refractivity contribution in [2.24, 2.45) is 46.3 Å². The van der Waals surface area contributed by atoms with Gasteiger partial charge in [-0.25, -0.2) is 9.18 Å². The summed E-state index contributed by atoms with van der Waals surface area (Å²) in [5.41, 5.74) is 2.24. The van der Waals surface area contributed by atoms with Gasteiger partial charge in [-0.05, 0) is 116 Å². The van der Waals surface area contributed by atoms with Crippen LogP contribution in [-0.4, -0.2) is 12.3 Å². The number of carbonyl (C=O) groups is 1. The number of carbonyl (C=O) groups excluding carboxylic acids is 1. The van der Waals surface area contributed by atoms with Gasteiger partial charge in [0, 0.05) is 6.42 Å². The monoisotopic (exact) mass is 524 g/mol. The highest BCUT2D eigenvalue weighted by atomic mass is 19.1. The lowest BCUT2D eigenvalue weighted by atomic mass is 9.47. The van der Waals surface area contributed by atoms with Crippen LogP contribution < -0.4 is 4.74 Å². The molecule has 0 radical (unpaired) electrons. The molecule has 4 heteroatoms. The van der Waals surface area contributed by atoms with E-state index in [4.69, 9.17) is 9.47 Å². The van der Waals surface area contributed by atoms with E-state index in [2.05, 4.69) is 40.7 Å². The van der Waals surface area contributed by atoms with E-state index >= 15 is 0 Å². The molecule has 4 aliphatic carbocycles. The number of fused-ring (bicyclic) bond motifs is 5. The fraction of sp³-hybridized carbons (Fsp3) is 0.735. The lowest BCUT2D eigenvalue weighted by Crippen LogP contribution is -2.51. The highest BCUT2D eigenvalue weighted by molar-refractivity contribution is 5.64. The van der Waals surface area contributed by atoms with Crippen LogP contribution in [0.1, 0.15) is 105 Å². The molecule has 0 aromatic heterocycles. The van der Waals surface area contributed by atoms with E-state index in [-0.39, 0.29) is 17.3 Å². The van der Waals surface area contributed by atoms with Crippen molar-refractivity contribution in [2.45, 2.75) is 111 Å². The van der Waals surface area contributed by atoms with Crippen molar-refractivity contribution >= 4 is 6.16 Å². The predicted molar refractivity (Wildman–Crippen MR) is 150 cm³/mol. The van der Waals surface area contributed by atoms with E-state index in [1.807, 2.05) is 0 Å². The van der Waals surface area contributed by atoms with Crippen LogP contribution in [0.2, 0.25) is 0 Å². The molecule has 1 aromatic rings. The maximum Gasteiger partial charge on any atom is 0.514 e. The van der Waals surface area contributed by atoms with Gasteiger partial charge in [-0.2, -0.15) is 0 Å². The summed E-state index contributed by atoms with van der Waals surface area (Å²) in [7, 11) is 0. The fourth-order valence-corrected chi connectivity index (χ4v) is 9.51. The summed E-state index contributed by atoms with van der Waals surface area (Å²) in [6.45, 7) is 12.4. The minimum atomic E-state index is -0.688. The van der Waals surface area contributed by atoms with E-state index in [1.54, 1.807) is 0 Å². The topological polar surface area (TPSA) is 35.5 Å². The zero-order chi connectivity index (χ0) is 27.1. The Morgan fingerprint density at radius 2 is 1.76 bits per heavy atom. The number of benzene rings is 1. The number of hydrogen-bond acceptors (Lipinski definition) is 3. The van der Waals surface area contributed by atoms with Crippen LogP contribution >= 0.6 is 0 Å². The van der Waals surface area contributed by atoms with Crippen LogP contribution in [0.4, 0.5) is 9.18 Å². The van der Waals surface area contributed by atoms with Crippen LogP contribution in [0.3, 0.4) is 0 Å². The van der Waals surface area contributed by atoms with Gasteiger partial charge in [0.1, 0.15) is 17.7 Å². The number of halogens is 1. The van der Waals surface area contributed by atoms with Crippen LogP contribution in [-0.2, 0) is 4.74 Å². The van der Waals surface area contributed by atoms with E-state index in [1.165, 1.54) is 81.2 Å². The van der Waals surface area contributed by atoms with Gasteiger partial charge in [0.15, 0.2) is 0 Å². The molecular formula is C34H49FO3. The minimum absolute atomic E-state index is 0.143. The Balaban J connectivity index is 1.21. The van der Waals surface area contributed by atoms with Gasteiger partial charge in [-0.15, -0.1) is 0 Å². The molecule has 0 saturated heterocycles. The van der Waals surface area contributed by atoms with Gasteiger partial charge in [-0.3, -0.25) is 0 Å². The zero-order valence-electron chi connectivity index (χ0n) is 24.3. The first-order valence-electron chi connectivity index (χ1n) is 15.4. The summed E-state index contributed by atoms with van der Waals surface area (Å²) in [5.74, 6) is 4.91. The smallest absolute Gasteiger partial charge is 0.430 e. The molecule has 3 fully saturated rings. The Labute approximate surface area is 229 Å². The average molecular weight is 525 g/mol. The molecule has 3 saturated carbocycles. The Morgan fingerprint density at radius 3 is 2.50 bits per heavy atom. The molecule has 3 nitrogen and oxygen atoms in total. The van der Waals surface area contributed by atoms with E-state index in [0.29, 0.717) is 11.2 Å². The lowest BCUT2D eigenvalue weighted by Gasteiger charge is -2.58. The molecule has 4 aliphatic rings. The second kappa shape index (κ2) is 11.0. The van der Waals surface area contributed by atoms with Gasteiger partial charge in [0.05, 0.1) is 0 Å². The summed E-state index contributed by atoms with van der Waals surface area (Å²) in [6, 6.07) is 5.48. The summed E-state index contributed by atoms with van der Waals surface area (Å²) >= 11 is 0. The first-order valence-corrected chi connectivity index (χ1v) is 15.4. The van der Waals surface area contributed by atoms with Crippen LogP contribution in [0, 0.1) is 52.2 Å². The molecule has 0 spiro atoms. The van der Waals surface area contributed by atoms with Crippen molar-refractivity contribution in [1.29, 1.82) is 0 Å². The number of rotatable bonds is 7. The molecule has 1 aromatic carbocycles. The Morgan fingerprint density at radius 1 is 1.00 bits per heavy atom. The van der Waals surface area contributed by atoms with Gasteiger partial charge >= 0.3 is 6.16 Å². The van der Waals surface area contributed by atoms with Crippen molar-refractivity contribution in [1.82, 2.24) is 0 Å². The fourth-order valence-electron chi connectivity index (χ4n) is 9.51. The van der Waals surface area contributed by atoms with Crippen molar-refractivity contribution in [3.8, 4) is 5.75 Å². The Bertz CT molecular complexity index is 1020. The highest BCUT2D eigenvalue weighted by Crippen LogP contribution is 2.67. The molecule has 0 N–H and O–H groups in total. The van der Waals surface area contributed by atoms with E-state index in [9.17, 15) is 9.18 Å². The number of ether oxygens (including phenoxy) is 2. The van der Waals surface area contributed by atoms with Gasteiger partial charge in [0.25, 0.3) is 0 Å². The number of hydrogen-bond donors (Lipinski definition) is 0. The minimum Gasteiger partial charge on any atom is -0.430 e. The Kier molecular flexibility index (Phi) is 8.00. The third kappa shape index (κ3) is 5.30. The Hall–Kier alpha value is -1.84. The standard InChI is InChI=1S/C34H49FO3/c1-22(2)7-6-8-23(3)29-15-16-30-28-14-9-24-21-27(38-32(36)37-26-12-10-25(35)11-13-26)17-19-33(24,4)31(28)18-20-34(29,30)5/h9-13,22-23,27-31H,6-8,14-21H2,1-5H3/t23-,27-,28+,29-,30+,31+,33+,34-/m1/s1. The molecule has 8 atom stereocenters. The predicted octanol–water partition coefficient (Wildman–Crippen LogP) is 9.75. The van der Waals surface area contributed by atoms with Crippen molar-refractivity contribution in [3.63, 3.8) is 0 Å². The summed E-state index contributed by atoms with van der Waals surface area (Å²) in [4.78, 5) is 12.4. The highest BCUT2D eigenvalue weighted by Gasteiger charge is 2.59. The van der Waals surface area contributed by atoms with Crippen molar-refractivity contribution in [2.75, 3.05) is 0 Å². The number of allylic oxidation sites excluding steroid dienone is 1. The van der Waals surface area contributed by atoms with Crippen LogP contribution in [0.25, 0.3) is 0 Å². The van der Waals surface area contributed by atoms with Crippen LogP contribution in [0.15, 0.2) is 35.9 Å². The third-order valence-corrected chi connectivity index (χ3v) is 11.5. The SMILES string of the molecule is CC(C)CCC[C@@H](C)[C@H]1CC[C@H]2[C@@H]3CC=C4C[C@H](OC(=O)Oc5ccc(F)cc5)CC[C@]4(C)[C@H]3CC[C@]12C. The quantitative estimate of drug-likeness (QED) is 0.202. The normalized spacial score (nSPS) is 37.0. The molecule has 5 rings (SSSR count). The summed E-state index contributed by atoms with van der Waals surface area (Å²) < 4.78 is 24.2. The molecule has 0 bridgehead atoms. The first-order chi connectivity index (χ1) is 18.1. The molecule has 0 aliphatic heterocycles.